The van der Waals surface area contributed by atoms with Crippen LogP contribution in [-0.4, -0.2) is 25.0 Å². The van der Waals surface area contributed by atoms with Crippen molar-refractivity contribution >= 4 is 5.91 Å². The van der Waals surface area contributed by atoms with Gasteiger partial charge in [0.25, 0.3) is 0 Å². The van der Waals surface area contributed by atoms with Gasteiger partial charge in [0.2, 0.25) is 5.91 Å². The molecule has 1 unspecified atom stereocenters. The molecule has 0 aliphatic carbocycles. The highest BCUT2D eigenvalue weighted by molar-refractivity contribution is 5.75. The van der Waals surface area contributed by atoms with E-state index in [1.54, 1.807) is 0 Å². The first-order valence-corrected chi connectivity index (χ1v) is 11.5. The van der Waals surface area contributed by atoms with Gasteiger partial charge in [0, 0.05) is 19.0 Å². The predicted octanol–water partition coefficient (Wildman–Crippen LogP) is 5.89. The second-order valence-corrected chi connectivity index (χ2v) is 7.93. The van der Waals surface area contributed by atoms with Crippen LogP contribution in [0.25, 0.3) is 0 Å². The van der Waals surface area contributed by atoms with Gasteiger partial charge in [0.05, 0.1) is 0 Å². The van der Waals surface area contributed by atoms with Gasteiger partial charge >= 0.3 is 0 Å². The number of nitrogens with one attached hydrogen (secondary N) is 2. The monoisotopic (exact) mass is 364 g/mol. The summed E-state index contributed by atoms with van der Waals surface area (Å²) in [6, 6.07) is 0.507. The van der Waals surface area contributed by atoms with Gasteiger partial charge in [-0.05, 0) is 51.5 Å². The number of allylic oxidation sites excluding steroid dienone is 2. The number of carbonyl (C=O) groups is 1. The second-order valence-electron chi connectivity index (χ2n) is 7.93. The van der Waals surface area contributed by atoms with E-state index in [9.17, 15) is 4.79 Å². The van der Waals surface area contributed by atoms with Crippen LogP contribution in [0.3, 0.4) is 0 Å². The molecule has 1 aliphatic rings. The molecule has 1 atom stereocenters. The summed E-state index contributed by atoms with van der Waals surface area (Å²) in [6.07, 6.45) is 24.8. The van der Waals surface area contributed by atoms with Gasteiger partial charge < -0.3 is 10.6 Å². The fourth-order valence-corrected chi connectivity index (χ4v) is 3.61. The average molecular weight is 365 g/mol. The minimum absolute atomic E-state index is 0.233. The normalized spacial score (nSPS) is 17.2. The largest absolute Gasteiger partial charge is 0.355 e. The van der Waals surface area contributed by atoms with Gasteiger partial charge in [-0.15, -0.1) is 0 Å². The zero-order chi connectivity index (χ0) is 18.7. The molecule has 1 amide bonds. The molecule has 1 fully saturated rings. The highest BCUT2D eigenvalue weighted by Crippen LogP contribution is 2.10. The van der Waals surface area contributed by atoms with E-state index < -0.39 is 0 Å². The molecule has 1 aliphatic heterocycles. The lowest BCUT2D eigenvalue weighted by Crippen LogP contribution is -2.37. The van der Waals surface area contributed by atoms with E-state index in [0.29, 0.717) is 12.5 Å². The number of amides is 1. The maximum Gasteiger partial charge on any atom is 0.220 e. The first kappa shape index (κ1) is 23.2. The molecule has 1 heterocycles. The average Bonchev–Trinajstić information content (AvgIpc) is 3.17. The van der Waals surface area contributed by atoms with E-state index in [4.69, 9.17) is 0 Å². The molecule has 0 bridgehead atoms. The molecular formula is C23H44N2O. The zero-order valence-electron chi connectivity index (χ0n) is 17.4. The molecule has 2 N–H and O–H groups in total. The van der Waals surface area contributed by atoms with Crippen LogP contribution >= 0.6 is 0 Å². The summed E-state index contributed by atoms with van der Waals surface area (Å²) in [4.78, 5) is 11.8. The van der Waals surface area contributed by atoms with Gasteiger partial charge in [0.15, 0.2) is 0 Å². The van der Waals surface area contributed by atoms with Gasteiger partial charge in [-0.25, -0.2) is 0 Å². The van der Waals surface area contributed by atoms with Crippen molar-refractivity contribution in [3.05, 3.63) is 12.2 Å². The van der Waals surface area contributed by atoms with Crippen LogP contribution in [0, 0.1) is 0 Å². The van der Waals surface area contributed by atoms with Crippen molar-refractivity contribution in [1.29, 1.82) is 0 Å². The second kappa shape index (κ2) is 17.6. The highest BCUT2D eigenvalue weighted by Gasteiger charge is 2.14. The Kier molecular flexibility index (Phi) is 15.7. The smallest absolute Gasteiger partial charge is 0.220 e. The zero-order valence-corrected chi connectivity index (χ0v) is 17.4. The SMILES string of the molecule is CCCCCCCCC=CCCCCCCCC(=O)NCC1CCCN1. The standard InChI is InChI=1S/C23H44N2O/c1-2-3-4-5-6-7-8-9-10-11-12-13-14-15-16-19-23(26)25-21-22-18-17-20-24-22/h9-10,22,24H,2-8,11-21H2,1H3,(H,25,26). The van der Waals surface area contributed by atoms with Gasteiger partial charge in [-0.1, -0.05) is 70.4 Å². The third kappa shape index (κ3) is 14.4. The third-order valence-corrected chi connectivity index (χ3v) is 5.37. The molecule has 1 saturated heterocycles. The first-order chi connectivity index (χ1) is 12.8. The van der Waals surface area contributed by atoms with Crippen LogP contribution in [0.2, 0.25) is 0 Å². The van der Waals surface area contributed by atoms with Crippen LogP contribution in [0.1, 0.15) is 110 Å². The summed E-state index contributed by atoms with van der Waals surface area (Å²) < 4.78 is 0. The van der Waals surface area contributed by atoms with Crippen molar-refractivity contribution in [3.63, 3.8) is 0 Å². The fraction of sp³-hybridized carbons (Fsp3) is 0.870. The van der Waals surface area contributed by atoms with Crippen molar-refractivity contribution < 1.29 is 4.79 Å². The quantitative estimate of drug-likeness (QED) is 0.249. The van der Waals surface area contributed by atoms with Gasteiger partial charge in [0.1, 0.15) is 0 Å². The van der Waals surface area contributed by atoms with Crippen LogP contribution in [-0.2, 0) is 4.79 Å². The molecule has 0 saturated carbocycles. The molecular weight excluding hydrogens is 320 g/mol. The summed E-state index contributed by atoms with van der Waals surface area (Å²) in [7, 11) is 0. The Morgan fingerprint density at radius 2 is 1.54 bits per heavy atom. The Hall–Kier alpha value is -0.830. The molecule has 152 valence electrons. The molecule has 3 nitrogen and oxygen atoms in total. The van der Waals surface area contributed by atoms with Crippen LogP contribution in [0.4, 0.5) is 0 Å². The van der Waals surface area contributed by atoms with Gasteiger partial charge in [-0.3, -0.25) is 4.79 Å². The predicted molar refractivity (Wildman–Crippen MR) is 113 cm³/mol. The van der Waals surface area contributed by atoms with Crippen LogP contribution in [0.15, 0.2) is 12.2 Å². The van der Waals surface area contributed by atoms with Crippen molar-refractivity contribution in [1.82, 2.24) is 10.6 Å². The van der Waals surface area contributed by atoms with Crippen molar-refractivity contribution in [2.45, 2.75) is 116 Å². The number of hydrogen-bond donors (Lipinski definition) is 2. The van der Waals surface area contributed by atoms with E-state index in [-0.39, 0.29) is 5.91 Å². The highest BCUT2D eigenvalue weighted by atomic mass is 16.1. The van der Waals surface area contributed by atoms with Crippen molar-refractivity contribution in [3.8, 4) is 0 Å². The Labute approximate surface area is 162 Å². The van der Waals surface area contributed by atoms with E-state index >= 15 is 0 Å². The minimum atomic E-state index is 0.233. The van der Waals surface area contributed by atoms with Crippen LogP contribution < -0.4 is 10.6 Å². The lowest BCUT2D eigenvalue weighted by Gasteiger charge is -2.11. The minimum Gasteiger partial charge on any atom is -0.355 e. The van der Waals surface area contributed by atoms with Gasteiger partial charge in [-0.2, -0.15) is 0 Å². The Morgan fingerprint density at radius 1 is 0.923 bits per heavy atom. The molecule has 0 aromatic carbocycles. The summed E-state index contributed by atoms with van der Waals surface area (Å²) in [6.45, 7) is 4.19. The maximum atomic E-state index is 11.8. The third-order valence-electron chi connectivity index (χ3n) is 5.37. The maximum absolute atomic E-state index is 11.8. The fourth-order valence-electron chi connectivity index (χ4n) is 3.61. The Bertz CT molecular complexity index is 348. The summed E-state index contributed by atoms with van der Waals surface area (Å²) in [5.74, 6) is 0.233. The molecule has 1 rings (SSSR count). The van der Waals surface area contributed by atoms with Crippen LogP contribution in [0.5, 0.6) is 0 Å². The number of hydrogen-bond acceptors (Lipinski definition) is 2. The molecule has 0 aromatic rings. The summed E-state index contributed by atoms with van der Waals surface area (Å²) in [5, 5.41) is 6.48. The topological polar surface area (TPSA) is 41.1 Å². The summed E-state index contributed by atoms with van der Waals surface area (Å²) >= 11 is 0. The first-order valence-electron chi connectivity index (χ1n) is 11.5. The molecule has 0 aromatic heterocycles. The van der Waals surface area contributed by atoms with E-state index in [1.165, 1.54) is 89.9 Å². The molecule has 0 spiro atoms. The Morgan fingerprint density at radius 3 is 2.15 bits per heavy atom. The molecule has 26 heavy (non-hydrogen) atoms. The molecule has 3 heteroatoms. The number of rotatable bonds is 17. The molecule has 0 radical (unpaired) electrons. The van der Waals surface area contributed by atoms with E-state index in [2.05, 4.69) is 29.7 Å². The lowest BCUT2D eigenvalue weighted by molar-refractivity contribution is -0.121. The van der Waals surface area contributed by atoms with Crippen molar-refractivity contribution in [2.75, 3.05) is 13.1 Å². The lowest BCUT2D eigenvalue weighted by atomic mass is 10.1. The van der Waals surface area contributed by atoms with Crippen molar-refractivity contribution in [2.24, 2.45) is 0 Å². The summed E-state index contributed by atoms with van der Waals surface area (Å²) in [5.41, 5.74) is 0. The number of unbranched alkanes of at least 4 members (excludes halogenated alkanes) is 11. The van der Waals surface area contributed by atoms with E-state index in [1.807, 2.05) is 0 Å². The van der Waals surface area contributed by atoms with E-state index in [0.717, 1.165) is 19.5 Å². The Balaban J connectivity index is 1.76. The number of carbonyl (C=O) groups excluding carboxylic acids is 1.